The van der Waals surface area contributed by atoms with E-state index in [0.717, 1.165) is 58.0 Å². The lowest BCUT2D eigenvalue weighted by Gasteiger charge is -2.61. The van der Waals surface area contributed by atoms with E-state index in [1.165, 1.54) is 13.8 Å². The van der Waals surface area contributed by atoms with Crippen LogP contribution >= 0.6 is 0 Å². The van der Waals surface area contributed by atoms with Crippen molar-refractivity contribution in [2.75, 3.05) is 33.0 Å². The molecule has 12 fully saturated rings. The molecule has 17 N–H and O–H groups in total. The Morgan fingerprint density at radius 3 is 1.41 bits per heavy atom. The number of aliphatic hydroxyl groups is 17. The average molecular weight is 1360 g/mol. The van der Waals surface area contributed by atoms with Crippen LogP contribution < -0.4 is 0 Å². The second-order valence-corrected chi connectivity index (χ2v) is 29.9. The highest BCUT2D eigenvalue weighted by Crippen LogP contribution is 2.71. The van der Waals surface area contributed by atoms with Crippen LogP contribution in [0.1, 0.15) is 106 Å². The molecule has 31 heteroatoms. The second-order valence-electron chi connectivity index (χ2n) is 29.9. The Morgan fingerprint density at radius 1 is 0.383 bits per heavy atom. The molecule has 6 unspecified atom stereocenters. The maximum Gasteiger partial charge on any atom is 0.187 e. The molecule has 8 saturated heterocycles. The fourth-order valence-corrected chi connectivity index (χ4v) is 19.0. The van der Waals surface area contributed by atoms with Crippen molar-refractivity contribution in [1.29, 1.82) is 0 Å². The van der Waals surface area contributed by atoms with Crippen LogP contribution in [-0.2, 0) is 66.3 Å². The van der Waals surface area contributed by atoms with Crippen molar-refractivity contribution >= 4 is 0 Å². The van der Waals surface area contributed by atoms with E-state index in [2.05, 4.69) is 27.7 Å². The van der Waals surface area contributed by atoms with Gasteiger partial charge < -0.3 is 153 Å². The molecule has 4 saturated carbocycles. The Balaban J connectivity index is 0.760. The third-order valence-corrected chi connectivity index (χ3v) is 24.5. The largest absolute Gasteiger partial charge is 0.394 e. The summed E-state index contributed by atoms with van der Waals surface area (Å²) in [6.07, 6.45) is -46.0. The highest BCUT2D eigenvalue weighted by molar-refractivity contribution is 5.16. The summed E-state index contributed by atoms with van der Waals surface area (Å²) >= 11 is 0. The van der Waals surface area contributed by atoms with Crippen LogP contribution in [0.4, 0.5) is 0 Å². The van der Waals surface area contributed by atoms with Gasteiger partial charge in [0.1, 0.15) is 134 Å². The maximum absolute atomic E-state index is 12.2. The van der Waals surface area contributed by atoms with Crippen molar-refractivity contribution in [2.24, 2.45) is 52.3 Å². The zero-order valence-corrected chi connectivity index (χ0v) is 53.9. The minimum atomic E-state index is -2.22. The summed E-state index contributed by atoms with van der Waals surface area (Å²) in [5.74, 6) is 2.65. The van der Waals surface area contributed by atoms with Gasteiger partial charge in [-0.05, 0) is 118 Å². The van der Waals surface area contributed by atoms with Gasteiger partial charge in [0, 0.05) is 12.3 Å². The van der Waals surface area contributed by atoms with Crippen LogP contribution in [0.25, 0.3) is 0 Å². The average Bonchev–Trinajstić information content (AvgIpc) is 1.51. The van der Waals surface area contributed by atoms with Gasteiger partial charge in [-0.3, -0.25) is 0 Å². The predicted octanol–water partition coefficient (Wildman–Crippen LogP) is -5.21. The molecule has 542 valence electrons. The van der Waals surface area contributed by atoms with Gasteiger partial charge in [0.15, 0.2) is 43.5 Å². The van der Waals surface area contributed by atoms with Gasteiger partial charge in [-0.1, -0.05) is 27.7 Å². The molecule has 0 aromatic carbocycles. The normalized spacial score (nSPS) is 57.8. The number of hydrogen-bond acceptors (Lipinski definition) is 31. The van der Waals surface area contributed by atoms with E-state index in [4.69, 9.17) is 66.3 Å². The quantitative estimate of drug-likeness (QED) is 0.0642. The second kappa shape index (κ2) is 28.5. The molecular weight excluding hydrogens is 1250 g/mol. The van der Waals surface area contributed by atoms with Crippen LogP contribution in [0.5, 0.6) is 0 Å². The lowest BCUT2D eigenvalue weighted by atomic mass is 9.44. The fraction of sp³-hybridized carbons (Fsp3) is 1.00. The summed E-state index contributed by atoms with van der Waals surface area (Å²) in [7, 11) is 0. The van der Waals surface area contributed by atoms with Gasteiger partial charge in [0.05, 0.1) is 57.5 Å². The molecule has 0 bridgehead atoms. The Bertz CT molecular complexity index is 2490. The van der Waals surface area contributed by atoms with Gasteiger partial charge in [0.25, 0.3) is 0 Å². The van der Waals surface area contributed by atoms with E-state index in [1.54, 1.807) is 0 Å². The third kappa shape index (κ3) is 12.8. The Labute approximate surface area is 544 Å². The van der Waals surface area contributed by atoms with E-state index in [1.807, 2.05) is 0 Å². The molecule has 0 aromatic heterocycles. The molecular formula is C63H104O31. The highest BCUT2D eigenvalue weighted by Gasteiger charge is 2.70. The van der Waals surface area contributed by atoms with Crippen LogP contribution in [0.3, 0.4) is 0 Å². The molecule has 31 nitrogen and oxygen atoms in total. The summed E-state index contributed by atoms with van der Waals surface area (Å²) in [4.78, 5) is 0. The number of ether oxygens (including phenoxy) is 14. The summed E-state index contributed by atoms with van der Waals surface area (Å²) in [5, 5.41) is 189. The molecule has 94 heavy (non-hydrogen) atoms. The lowest BCUT2D eigenvalue weighted by molar-refractivity contribution is -0.414. The summed E-state index contributed by atoms with van der Waals surface area (Å²) in [6.45, 7) is 9.08. The van der Waals surface area contributed by atoms with Crippen molar-refractivity contribution in [3.05, 3.63) is 0 Å². The van der Waals surface area contributed by atoms with Crippen molar-refractivity contribution in [3.63, 3.8) is 0 Å². The molecule has 4 aliphatic carbocycles. The number of rotatable bonds is 16. The molecule has 42 atom stereocenters. The summed E-state index contributed by atoms with van der Waals surface area (Å²) in [6, 6.07) is 0. The minimum absolute atomic E-state index is 0.0178. The smallest absolute Gasteiger partial charge is 0.187 e. The van der Waals surface area contributed by atoms with Gasteiger partial charge in [-0.25, -0.2) is 0 Å². The van der Waals surface area contributed by atoms with Crippen molar-refractivity contribution in [3.8, 4) is 0 Å². The van der Waals surface area contributed by atoms with Crippen LogP contribution in [0.2, 0.25) is 0 Å². The van der Waals surface area contributed by atoms with Crippen LogP contribution in [0, 0.1) is 52.3 Å². The third-order valence-electron chi connectivity index (χ3n) is 24.5. The standard InChI is InChI=1S/C63H104O31/c1-22-9-14-63(81-21-22)23(2)36-31(94-63)16-30-28-8-7-26-15-27(10-12-61(26,5)29(28)11-13-62(30,36)6)84-57-47(78)43(74)51(35(20-67)87-57)90-60-54(93-59-49(80)52(39(70)32(17-64)85-59)91-56-46(77)42(73)38(69)25(4)83-56)53(40(71)33(18-65)86-60)92-58-48(79)44(75)50(34(19-66)88-58)89-55-45(76)41(72)37(68)24(3)82-55/h22-60,64-80H,7-21H2,1-6H3/t22-,23?,24+,25+,26+,27+,28?,29?,30?,31?,32-,33-,34-,35-,36?,37+,38+,39-,40-,41-,42-,43-,44-,45-,46-,47-,48-,49-,50-,51+,52+,53+,54-,55+,56+,57-,58+,59+,60+,61+,62+,63-/m1/s1. The zero-order chi connectivity index (χ0) is 67.5. The van der Waals surface area contributed by atoms with Gasteiger partial charge >= 0.3 is 0 Å². The molecule has 12 rings (SSSR count). The van der Waals surface area contributed by atoms with E-state index in [-0.39, 0.29) is 22.9 Å². The zero-order valence-electron chi connectivity index (χ0n) is 53.9. The predicted molar refractivity (Wildman–Crippen MR) is 311 cm³/mol. The van der Waals surface area contributed by atoms with Crippen molar-refractivity contribution < 1.29 is 153 Å². The number of hydrogen-bond donors (Lipinski definition) is 17. The molecule has 0 radical (unpaired) electrons. The number of fused-ring (bicyclic) bond motifs is 7. The highest BCUT2D eigenvalue weighted by atomic mass is 16.8. The Kier molecular flexibility index (Phi) is 22.0. The van der Waals surface area contributed by atoms with Crippen LogP contribution in [-0.4, -0.2) is 322 Å². The fourth-order valence-electron chi connectivity index (χ4n) is 19.0. The molecule has 8 aliphatic heterocycles. The van der Waals surface area contributed by atoms with E-state index < -0.39 is 223 Å². The van der Waals surface area contributed by atoms with Crippen molar-refractivity contribution in [2.45, 2.75) is 308 Å². The summed E-state index contributed by atoms with van der Waals surface area (Å²) < 4.78 is 86.0. The molecule has 0 aromatic rings. The van der Waals surface area contributed by atoms with Crippen LogP contribution in [0.15, 0.2) is 0 Å². The van der Waals surface area contributed by atoms with Gasteiger partial charge in [0.2, 0.25) is 0 Å². The topological polar surface area (TPSA) is 473 Å². The minimum Gasteiger partial charge on any atom is -0.394 e. The van der Waals surface area contributed by atoms with Gasteiger partial charge in [-0.2, -0.15) is 0 Å². The molecule has 12 aliphatic rings. The monoisotopic (exact) mass is 1360 g/mol. The van der Waals surface area contributed by atoms with E-state index in [9.17, 15) is 86.8 Å². The molecule has 0 amide bonds. The van der Waals surface area contributed by atoms with E-state index in [0.29, 0.717) is 48.3 Å². The van der Waals surface area contributed by atoms with Gasteiger partial charge in [-0.15, -0.1) is 0 Å². The Morgan fingerprint density at radius 2 is 0.851 bits per heavy atom. The first kappa shape index (κ1) is 72.5. The first-order valence-electron chi connectivity index (χ1n) is 34.1. The first-order chi connectivity index (χ1) is 44.6. The molecule has 1 spiro atoms. The first-order valence-corrected chi connectivity index (χ1v) is 34.1. The summed E-state index contributed by atoms with van der Waals surface area (Å²) in [5.41, 5.74) is 0.166. The Hall–Kier alpha value is -1.24. The lowest BCUT2D eigenvalue weighted by Crippen LogP contribution is -2.69. The SMILES string of the molecule is CC1C2C(CC3C4CC[C@H]5C[C@@H](O[C@@H]6O[C@H](CO)[C@H](O[C@@H]7O[C@H](CO)[C@@H](O)[C@H](O[C@@H]8O[C@H](CO)[C@@H](O[C@@H]9O[C@@H](C)[C@H](O)[C@@H](O)[C@H]9O)[C@H](O)[C@H]8O)[C@H]7O[C@@H]7O[C@H](CO)[C@@H](O)[C@H](O[C@@H]8O[C@@H](C)[C@H](O)[C@@H](O)[C@H]8O)[C@H]7O)[C@H](O)[C@H]6O)CC[C@]5(C)C4CC[C@@]32C)O[C@]12CC[C@@H](C)CO2. The maximum atomic E-state index is 12.2. The van der Waals surface area contributed by atoms with E-state index >= 15 is 0 Å². The van der Waals surface area contributed by atoms with Crippen molar-refractivity contribution in [1.82, 2.24) is 0 Å². The molecule has 8 heterocycles. The number of aliphatic hydroxyl groups excluding tert-OH is 17.